The first-order valence-corrected chi connectivity index (χ1v) is 7.79. The SMILES string of the molecule is COc1c(OC(C)=O)ccc(/C=N/NC(=O)Cc2cccn2C)c1[N+](=O)[O-]. The van der Waals surface area contributed by atoms with Crippen LogP contribution in [-0.4, -0.2) is 34.7 Å². The van der Waals surface area contributed by atoms with E-state index < -0.39 is 16.6 Å². The number of aryl methyl sites for hydroxylation is 1. The zero-order valence-corrected chi connectivity index (χ0v) is 15.0. The largest absolute Gasteiger partial charge is 0.488 e. The summed E-state index contributed by atoms with van der Waals surface area (Å²) in [6.07, 6.45) is 3.05. The number of methoxy groups -OCH3 is 1. The second-order valence-electron chi connectivity index (χ2n) is 5.47. The maximum atomic E-state index is 11.9. The molecule has 27 heavy (non-hydrogen) atoms. The molecule has 1 heterocycles. The van der Waals surface area contributed by atoms with Gasteiger partial charge in [0.1, 0.15) is 0 Å². The molecule has 0 bridgehead atoms. The normalized spacial score (nSPS) is 10.6. The van der Waals surface area contributed by atoms with E-state index in [1.54, 1.807) is 10.6 Å². The summed E-state index contributed by atoms with van der Waals surface area (Å²) in [5.74, 6) is -1.31. The van der Waals surface area contributed by atoms with Gasteiger partial charge in [0, 0.05) is 25.9 Å². The second-order valence-corrected chi connectivity index (χ2v) is 5.47. The van der Waals surface area contributed by atoms with Gasteiger partial charge in [-0.05, 0) is 24.3 Å². The van der Waals surface area contributed by atoms with Crippen molar-refractivity contribution in [1.82, 2.24) is 9.99 Å². The molecule has 0 saturated heterocycles. The molecule has 2 aromatic rings. The van der Waals surface area contributed by atoms with Gasteiger partial charge in [-0.25, -0.2) is 5.43 Å². The van der Waals surface area contributed by atoms with E-state index in [-0.39, 0.29) is 29.4 Å². The maximum absolute atomic E-state index is 11.9. The number of hydrogen-bond donors (Lipinski definition) is 1. The molecular formula is C17H18N4O6. The van der Waals surface area contributed by atoms with Crippen LogP contribution in [0.1, 0.15) is 18.2 Å². The lowest BCUT2D eigenvalue weighted by molar-refractivity contribution is -0.385. The fraction of sp³-hybridized carbons (Fsp3) is 0.235. The molecule has 0 fully saturated rings. The maximum Gasteiger partial charge on any atom is 0.323 e. The monoisotopic (exact) mass is 374 g/mol. The number of nitro groups is 1. The lowest BCUT2D eigenvalue weighted by Gasteiger charge is -2.09. The highest BCUT2D eigenvalue weighted by molar-refractivity contribution is 5.90. The van der Waals surface area contributed by atoms with E-state index in [9.17, 15) is 19.7 Å². The number of benzene rings is 1. The number of carbonyl (C=O) groups excluding carboxylic acids is 2. The van der Waals surface area contributed by atoms with Gasteiger partial charge in [0.05, 0.1) is 30.2 Å². The van der Waals surface area contributed by atoms with Crippen molar-refractivity contribution in [3.63, 3.8) is 0 Å². The van der Waals surface area contributed by atoms with Crippen LogP contribution >= 0.6 is 0 Å². The molecule has 1 aromatic carbocycles. The Morgan fingerprint density at radius 3 is 2.67 bits per heavy atom. The molecule has 0 saturated carbocycles. The minimum atomic E-state index is -0.682. The third kappa shape index (κ3) is 4.91. The predicted molar refractivity (Wildman–Crippen MR) is 95.8 cm³/mol. The Kier molecular flexibility index (Phi) is 6.26. The minimum absolute atomic E-state index is 0.0759. The average Bonchev–Trinajstić information content (AvgIpc) is 2.99. The summed E-state index contributed by atoms with van der Waals surface area (Å²) >= 11 is 0. The first-order chi connectivity index (χ1) is 12.8. The Balaban J connectivity index is 2.20. The molecule has 0 aliphatic heterocycles. The topological polar surface area (TPSA) is 125 Å². The van der Waals surface area contributed by atoms with Gasteiger partial charge in [-0.3, -0.25) is 19.7 Å². The number of nitrogens with zero attached hydrogens (tertiary/aromatic N) is 3. The number of hydrazone groups is 1. The molecular weight excluding hydrogens is 356 g/mol. The van der Waals surface area contributed by atoms with Crippen LogP contribution in [0.25, 0.3) is 0 Å². The molecule has 0 aliphatic rings. The predicted octanol–water partition coefficient (Wildman–Crippen LogP) is 1.56. The van der Waals surface area contributed by atoms with Crippen LogP contribution in [0.3, 0.4) is 0 Å². The third-order valence-electron chi connectivity index (χ3n) is 3.55. The van der Waals surface area contributed by atoms with Crippen LogP contribution in [0, 0.1) is 10.1 Å². The Bertz CT molecular complexity index is 903. The first kappa shape index (κ1) is 19.6. The molecule has 0 unspecified atom stereocenters. The van der Waals surface area contributed by atoms with E-state index >= 15 is 0 Å². The molecule has 1 amide bonds. The van der Waals surface area contributed by atoms with E-state index in [1.807, 2.05) is 19.3 Å². The van der Waals surface area contributed by atoms with Crippen molar-refractivity contribution in [2.45, 2.75) is 13.3 Å². The van der Waals surface area contributed by atoms with Crippen molar-refractivity contribution in [3.05, 3.63) is 51.8 Å². The molecule has 1 aromatic heterocycles. The average molecular weight is 374 g/mol. The lowest BCUT2D eigenvalue weighted by Crippen LogP contribution is -2.21. The van der Waals surface area contributed by atoms with Crippen molar-refractivity contribution < 1.29 is 24.0 Å². The lowest BCUT2D eigenvalue weighted by atomic mass is 10.1. The van der Waals surface area contributed by atoms with Gasteiger partial charge in [-0.2, -0.15) is 5.10 Å². The number of aromatic nitrogens is 1. The highest BCUT2D eigenvalue weighted by Gasteiger charge is 2.25. The van der Waals surface area contributed by atoms with Gasteiger partial charge in [-0.1, -0.05) is 0 Å². The fourth-order valence-corrected chi connectivity index (χ4v) is 2.35. The van der Waals surface area contributed by atoms with Gasteiger partial charge < -0.3 is 14.0 Å². The van der Waals surface area contributed by atoms with Crippen molar-refractivity contribution in [1.29, 1.82) is 0 Å². The van der Waals surface area contributed by atoms with Crippen LogP contribution < -0.4 is 14.9 Å². The summed E-state index contributed by atoms with van der Waals surface area (Å²) in [5, 5.41) is 15.2. The number of ether oxygens (including phenoxy) is 2. The quantitative estimate of drug-likeness (QED) is 0.258. The van der Waals surface area contributed by atoms with Gasteiger partial charge in [0.2, 0.25) is 11.7 Å². The van der Waals surface area contributed by atoms with Crippen molar-refractivity contribution in [3.8, 4) is 11.5 Å². The Morgan fingerprint density at radius 1 is 1.37 bits per heavy atom. The highest BCUT2D eigenvalue weighted by Crippen LogP contribution is 2.39. The summed E-state index contributed by atoms with van der Waals surface area (Å²) in [6, 6.07) is 6.30. The second kappa shape index (κ2) is 8.61. The highest BCUT2D eigenvalue weighted by atomic mass is 16.6. The van der Waals surface area contributed by atoms with Gasteiger partial charge in [0.15, 0.2) is 5.75 Å². The molecule has 0 atom stereocenters. The molecule has 0 spiro atoms. The van der Waals surface area contributed by atoms with Crippen LogP contribution in [0.15, 0.2) is 35.6 Å². The van der Waals surface area contributed by atoms with E-state index in [4.69, 9.17) is 9.47 Å². The number of hydrogen-bond acceptors (Lipinski definition) is 7. The zero-order valence-electron chi connectivity index (χ0n) is 15.0. The molecule has 142 valence electrons. The van der Waals surface area contributed by atoms with E-state index in [0.29, 0.717) is 0 Å². The molecule has 0 aliphatic carbocycles. The number of amides is 1. The smallest absolute Gasteiger partial charge is 0.323 e. The summed E-state index contributed by atoms with van der Waals surface area (Å²) in [5.41, 5.74) is 2.75. The Labute approximate surface area is 154 Å². The number of nitro benzene ring substituents is 1. The summed E-state index contributed by atoms with van der Waals surface area (Å²) < 4.78 is 11.7. The minimum Gasteiger partial charge on any atom is -0.488 e. The summed E-state index contributed by atoms with van der Waals surface area (Å²) in [6.45, 7) is 1.17. The molecule has 10 nitrogen and oxygen atoms in total. The standard InChI is InChI=1S/C17H18N4O6/c1-11(22)27-14-7-6-12(16(21(24)25)17(14)26-3)10-18-19-15(23)9-13-5-4-8-20(13)2/h4-8,10H,9H2,1-3H3,(H,19,23)/b18-10+. The number of nitrogens with one attached hydrogen (secondary N) is 1. The third-order valence-corrected chi connectivity index (χ3v) is 3.55. The fourth-order valence-electron chi connectivity index (χ4n) is 2.35. The van der Waals surface area contributed by atoms with E-state index in [0.717, 1.165) is 11.9 Å². The molecule has 2 rings (SSSR count). The van der Waals surface area contributed by atoms with Gasteiger partial charge in [0.25, 0.3) is 0 Å². The van der Waals surface area contributed by atoms with Crippen molar-refractivity contribution in [2.75, 3.05) is 7.11 Å². The van der Waals surface area contributed by atoms with E-state index in [2.05, 4.69) is 10.5 Å². The Hall–Kier alpha value is -3.69. The van der Waals surface area contributed by atoms with Crippen LogP contribution in [0.4, 0.5) is 5.69 Å². The Morgan fingerprint density at radius 2 is 2.11 bits per heavy atom. The number of carbonyl (C=O) groups is 2. The molecule has 0 radical (unpaired) electrons. The van der Waals surface area contributed by atoms with Crippen molar-refractivity contribution >= 4 is 23.8 Å². The van der Waals surface area contributed by atoms with Crippen LogP contribution in [0.5, 0.6) is 11.5 Å². The zero-order chi connectivity index (χ0) is 20.0. The van der Waals surface area contributed by atoms with Gasteiger partial charge in [-0.15, -0.1) is 0 Å². The molecule has 1 N–H and O–H groups in total. The van der Waals surface area contributed by atoms with Crippen LogP contribution in [0.2, 0.25) is 0 Å². The number of rotatable bonds is 7. The van der Waals surface area contributed by atoms with E-state index in [1.165, 1.54) is 26.2 Å². The van der Waals surface area contributed by atoms with Crippen LogP contribution in [-0.2, 0) is 23.1 Å². The summed E-state index contributed by atoms with van der Waals surface area (Å²) in [4.78, 5) is 33.8. The first-order valence-electron chi connectivity index (χ1n) is 7.79. The van der Waals surface area contributed by atoms with Gasteiger partial charge >= 0.3 is 11.7 Å². The summed E-state index contributed by atoms with van der Waals surface area (Å²) in [7, 11) is 3.03. The van der Waals surface area contributed by atoms with Crippen molar-refractivity contribution in [2.24, 2.45) is 12.1 Å². The molecule has 10 heteroatoms. The number of esters is 1.